The van der Waals surface area contributed by atoms with Crippen LogP contribution in [0.2, 0.25) is 0 Å². The van der Waals surface area contributed by atoms with Crippen LogP contribution in [0.1, 0.15) is 22.6 Å². The van der Waals surface area contributed by atoms with Crippen molar-refractivity contribution in [2.75, 3.05) is 5.32 Å². The Labute approximate surface area is 212 Å². The van der Waals surface area contributed by atoms with Gasteiger partial charge in [0.2, 0.25) is 5.91 Å². The van der Waals surface area contributed by atoms with Gasteiger partial charge in [-0.2, -0.15) is 4.98 Å². The smallest absolute Gasteiger partial charge is 0.395 e. The molecule has 0 saturated heterocycles. The molecule has 0 fully saturated rings. The molecule has 0 aliphatic rings. The number of para-hydroxylation sites is 1. The van der Waals surface area contributed by atoms with Gasteiger partial charge in [0.1, 0.15) is 12.4 Å². The van der Waals surface area contributed by atoms with E-state index in [0.717, 1.165) is 37.0 Å². The fourth-order valence-corrected chi connectivity index (χ4v) is 4.50. The average molecular weight is 585 g/mol. The van der Waals surface area contributed by atoms with Crippen molar-refractivity contribution in [1.29, 1.82) is 0 Å². The minimum Gasteiger partial charge on any atom is -0.488 e. The number of fused-ring (bicyclic) bond motifs is 1. The first kappa shape index (κ1) is 24.1. The standard InChI is InChI=1S/C24H20IN5O5/c1-13-11-15(25)7-9-18(13)26-21(31)12-29-14(2)16(17-5-3-4-6-19(17)29)8-10-20-27-23(32)22(30(34)35)24(33)28-20/h3-11H,12H2,1-2H3,(H,26,31)(H2,27,28,32,33)/b10-8+. The molecule has 2 heterocycles. The number of benzene rings is 2. The normalized spacial score (nSPS) is 11.3. The summed E-state index contributed by atoms with van der Waals surface area (Å²) in [5, 5.41) is 24.5. The van der Waals surface area contributed by atoms with Crippen LogP contribution < -0.4 is 10.9 Å². The number of hydrogen-bond donors (Lipinski definition) is 3. The van der Waals surface area contributed by atoms with Crippen LogP contribution in [0.5, 0.6) is 5.88 Å². The number of halogens is 1. The Balaban J connectivity index is 1.67. The molecule has 0 atom stereocenters. The molecule has 10 nitrogen and oxygen atoms in total. The number of nitrogens with one attached hydrogen (secondary N) is 2. The van der Waals surface area contributed by atoms with Crippen molar-refractivity contribution in [2.24, 2.45) is 0 Å². The molecule has 35 heavy (non-hydrogen) atoms. The molecule has 3 N–H and O–H groups in total. The topological polar surface area (TPSA) is 143 Å². The molecule has 0 saturated carbocycles. The summed E-state index contributed by atoms with van der Waals surface area (Å²) >= 11 is 2.22. The summed E-state index contributed by atoms with van der Waals surface area (Å²) in [4.78, 5) is 40.7. The second-order valence-electron chi connectivity index (χ2n) is 7.82. The van der Waals surface area contributed by atoms with Crippen LogP contribution in [-0.2, 0) is 11.3 Å². The molecule has 0 bridgehead atoms. The van der Waals surface area contributed by atoms with Gasteiger partial charge in [0.15, 0.2) is 0 Å². The number of nitro groups is 1. The van der Waals surface area contributed by atoms with Crippen molar-refractivity contribution in [3.05, 3.63) is 89.1 Å². The number of amides is 1. The third-order valence-electron chi connectivity index (χ3n) is 5.53. The molecule has 0 aliphatic carbocycles. The second-order valence-corrected chi connectivity index (χ2v) is 9.07. The number of carbonyl (C=O) groups is 1. The average Bonchev–Trinajstić information content (AvgIpc) is 3.04. The summed E-state index contributed by atoms with van der Waals surface area (Å²) in [6.45, 7) is 3.89. The third kappa shape index (κ3) is 4.94. The van der Waals surface area contributed by atoms with E-state index in [1.165, 1.54) is 6.08 Å². The molecule has 2 aromatic carbocycles. The monoisotopic (exact) mass is 585 g/mol. The quantitative estimate of drug-likeness (QED) is 0.174. The first-order valence-electron chi connectivity index (χ1n) is 10.4. The number of rotatable bonds is 6. The minimum absolute atomic E-state index is 0.0405. The number of H-pyrrole nitrogens is 1. The fraction of sp³-hybridized carbons (Fsp3) is 0.125. The highest BCUT2D eigenvalue weighted by molar-refractivity contribution is 14.1. The van der Waals surface area contributed by atoms with Gasteiger partial charge < -0.3 is 20.0 Å². The zero-order chi connectivity index (χ0) is 25.3. The highest BCUT2D eigenvalue weighted by atomic mass is 127. The van der Waals surface area contributed by atoms with Crippen LogP contribution in [0.25, 0.3) is 23.1 Å². The Morgan fingerprint density at radius 3 is 2.69 bits per heavy atom. The molecule has 4 aromatic rings. The van der Waals surface area contributed by atoms with Gasteiger partial charge in [0.25, 0.3) is 5.88 Å². The van der Waals surface area contributed by atoms with Gasteiger partial charge in [-0.25, -0.2) is 0 Å². The molecule has 178 valence electrons. The summed E-state index contributed by atoms with van der Waals surface area (Å²) in [5.74, 6) is -1.18. The van der Waals surface area contributed by atoms with Crippen molar-refractivity contribution >= 4 is 62.9 Å². The molecule has 2 aromatic heterocycles. The van der Waals surface area contributed by atoms with Crippen molar-refractivity contribution in [3.63, 3.8) is 0 Å². The highest BCUT2D eigenvalue weighted by Gasteiger charge is 2.21. The molecule has 4 rings (SSSR count). The van der Waals surface area contributed by atoms with Crippen LogP contribution in [0.4, 0.5) is 11.4 Å². The molecule has 11 heteroatoms. The Kier molecular flexibility index (Phi) is 6.69. The van der Waals surface area contributed by atoms with Crippen molar-refractivity contribution in [3.8, 4) is 5.88 Å². The summed E-state index contributed by atoms with van der Waals surface area (Å²) in [5.41, 5.74) is 2.07. The fourth-order valence-electron chi connectivity index (χ4n) is 3.85. The van der Waals surface area contributed by atoms with Crippen LogP contribution in [0.3, 0.4) is 0 Å². The number of aromatic hydroxyl groups is 1. The van der Waals surface area contributed by atoms with Gasteiger partial charge >= 0.3 is 11.2 Å². The van der Waals surface area contributed by atoms with E-state index in [-0.39, 0.29) is 18.3 Å². The van der Waals surface area contributed by atoms with E-state index in [9.17, 15) is 24.8 Å². The number of nitrogens with zero attached hydrogens (tertiary/aromatic N) is 3. The first-order valence-corrected chi connectivity index (χ1v) is 11.5. The summed E-state index contributed by atoms with van der Waals surface area (Å²) in [7, 11) is 0. The third-order valence-corrected chi connectivity index (χ3v) is 6.20. The number of hydrogen-bond acceptors (Lipinski definition) is 6. The number of aromatic nitrogens is 3. The molecule has 1 amide bonds. The summed E-state index contributed by atoms with van der Waals surface area (Å²) in [6.07, 6.45) is 3.12. The summed E-state index contributed by atoms with van der Waals surface area (Å²) < 4.78 is 2.97. The predicted molar refractivity (Wildman–Crippen MR) is 141 cm³/mol. The van der Waals surface area contributed by atoms with Gasteiger partial charge in [-0.05, 0) is 78.4 Å². The van der Waals surface area contributed by atoms with E-state index in [1.807, 2.05) is 60.9 Å². The molecular formula is C24H20IN5O5. The van der Waals surface area contributed by atoms with Gasteiger partial charge in [-0.1, -0.05) is 18.2 Å². The van der Waals surface area contributed by atoms with Crippen LogP contribution in [0.15, 0.2) is 47.3 Å². The SMILES string of the molecule is Cc1cc(I)ccc1NC(=O)Cn1c(C)c(/C=C/c2nc(O)c([N+](=O)[O-])c(=O)[nH]2)c2ccccc21. The minimum atomic E-state index is -1.05. The lowest BCUT2D eigenvalue weighted by Crippen LogP contribution is -2.20. The van der Waals surface area contributed by atoms with Gasteiger partial charge in [-0.3, -0.25) is 19.7 Å². The number of carbonyl (C=O) groups excluding carboxylic acids is 1. The van der Waals surface area contributed by atoms with Crippen molar-refractivity contribution in [2.45, 2.75) is 20.4 Å². The number of anilines is 1. The van der Waals surface area contributed by atoms with Crippen LogP contribution in [0, 0.1) is 27.5 Å². The molecule has 0 spiro atoms. The maximum atomic E-state index is 12.9. The molecule has 0 unspecified atom stereocenters. The Hall–Kier alpha value is -4.00. The highest BCUT2D eigenvalue weighted by Crippen LogP contribution is 2.28. The Morgan fingerprint density at radius 1 is 1.26 bits per heavy atom. The number of aryl methyl sites for hydroxylation is 1. The zero-order valence-corrected chi connectivity index (χ0v) is 20.9. The maximum Gasteiger partial charge on any atom is 0.395 e. The van der Waals surface area contributed by atoms with E-state index in [0.29, 0.717) is 0 Å². The van der Waals surface area contributed by atoms with Crippen LogP contribution >= 0.6 is 22.6 Å². The summed E-state index contributed by atoms with van der Waals surface area (Å²) in [6, 6.07) is 13.3. The Bertz CT molecular complexity index is 1570. The largest absolute Gasteiger partial charge is 0.488 e. The lowest BCUT2D eigenvalue weighted by molar-refractivity contribution is -0.387. The Morgan fingerprint density at radius 2 is 2.00 bits per heavy atom. The van der Waals surface area contributed by atoms with E-state index in [2.05, 4.69) is 37.9 Å². The van der Waals surface area contributed by atoms with Crippen LogP contribution in [-0.4, -0.2) is 30.5 Å². The maximum absolute atomic E-state index is 12.9. The molecule has 0 radical (unpaired) electrons. The van der Waals surface area contributed by atoms with Gasteiger partial charge in [0, 0.05) is 31.4 Å². The van der Waals surface area contributed by atoms with E-state index in [1.54, 1.807) is 6.08 Å². The lowest BCUT2D eigenvalue weighted by Gasteiger charge is -2.11. The zero-order valence-electron chi connectivity index (χ0n) is 18.7. The lowest BCUT2D eigenvalue weighted by atomic mass is 10.1. The molecule has 0 aliphatic heterocycles. The van der Waals surface area contributed by atoms with Gasteiger partial charge in [-0.15, -0.1) is 0 Å². The predicted octanol–water partition coefficient (Wildman–Crippen LogP) is 4.37. The van der Waals surface area contributed by atoms with Gasteiger partial charge in [0.05, 0.1) is 4.92 Å². The second kappa shape index (κ2) is 9.70. The van der Waals surface area contributed by atoms with E-state index in [4.69, 9.17) is 0 Å². The first-order chi connectivity index (χ1) is 16.7. The van der Waals surface area contributed by atoms with E-state index < -0.39 is 22.0 Å². The number of aromatic amines is 1. The molecular weight excluding hydrogens is 565 g/mol. The van der Waals surface area contributed by atoms with E-state index >= 15 is 0 Å². The van der Waals surface area contributed by atoms with Crippen molar-refractivity contribution in [1.82, 2.24) is 14.5 Å². The van der Waals surface area contributed by atoms with Crippen molar-refractivity contribution < 1.29 is 14.8 Å².